The molecule has 130 valence electrons. The molecule has 3 rings (SSSR count). The Bertz CT molecular complexity index is 797. The van der Waals surface area contributed by atoms with Crippen LogP contribution in [-0.2, 0) is 11.2 Å². The van der Waals surface area contributed by atoms with E-state index < -0.39 is 0 Å². The highest BCUT2D eigenvalue weighted by molar-refractivity contribution is 9.10. The fourth-order valence-corrected chi connectivity index (χ4v) is 3.12. The number of aromatic nitrogens is 1. The Morgan fingerprint density at radius 3 is 2.48 bits per heavy atom. The predicted molar refractivity (Wildman–Crippen MR) is 104 cm³/mol. The Morgan fingerprint density at radius 1 is 1.08 bits per heavy atom. The average Bonchev–Trinajstić information content (AvgIpc) is 3.01. The Kier molecular flexibility index (Phi) is 6.05. The van der Waals surface area contributed by atoms with E-state index in [0.717, 1.165) is 34.3 Å². The molecule has 0 bridgehead atoms. The molecule has 0 saturated carbocycles. The van der Waals surface area contributed by atoms with Crippen molar-refractivity contribution in [2.45, 2.75) is 32.8 Å². The molecule has 0 radical (unpaired) electrons. The minimum atomic E-state index is 0.0642. The maximum atomic E-state index is 5.95. The zero-order valence-electron chi connectivity index (χ0n) is 14.5. The molecule has 2 aromatic carbocycles. The molecule has 0 fully saturated rings. The number of hydrogen-bond donors (Lipinski definition) is 0. The van der Waals surface area contributed by atoms with Gasteiger partial charge in [0.25, 0.3) is 0 Å². The third-order valence-corrected chi connectivity index (χ3v) is 4.70. The van der Waals surface area contributed by atoms with E-state index in [-0.39, 0.29) is 6.10 Å². The molecule has 0 saturated heterocycles. The lowest BCUT2D eigenvalue weighted by molar-refractivity contribution is 0.0562. The topological polar surface area (TPSA) is 35.3 Å². The van der Waals surface area contributed by atoms with Crippen LogP contribution < -0.4 is 0 Å². The third-order valence-electron chi connectivity index (χ3n) is 4.17. The van der Waals surface area contributed by atoms with Crippen LogP contribution in [0.1, 0.15) is 36.5 Å². The lowest BCUT2D eigenvalue weighted by atomic mass is 10.0. The maximum Gasteiger partial charge on any atom is 0.226 e. The van der Waals surface area contributed by atoms with Crippen LogP contribution in [0.4, 0.5) is 0 Å². The number of nitrogens with zero attached hydrogens (tertiary/aromatic N) is 1. The first-order valence-electron chi connectivity index (χ1n) is 8.56. The van der Waals surface area contributed by atoms with Crippen LogP contribution in [0.3, 0.4) is 0 Å². The van der Waals surface area contributed by atoms with Gasteiger partial charge in [-0.2, -0.15) is 0 Å². The van der Waals surface area contributed by atoms with Crippen molar-refractivity contribution in [1.29, 1.82) is 0 Å². The summed E-state index contributed by atoms with van der Waals surface area (Å²) in [5.74, 6) is 1.56. The van der Waals surface area contributed by atoms with Gasteiger partial charge in [0.1, 0.15) is 5.76 Å². The van der Waals surface area contributed by atoms with Gasteiger partial charge < -0.3 is 9.15 Å². The standard InChI is InChI=1S/C21H22BrNO2/c1-3-24-20(16-9-11-18(22)12-10-16)14-13-19-15(2)25-21(23-19)17-7-5-4-6-8-17/h4-12,20H,3,13-14H2,1-2H3/t20-/m0/s1. The number of rotatable bonds is 7. The van der Waals surface area contributed by atoms with Crippen molar-refractivity contribution in [2.75, 3.05) is 6.61 Å². The molecule has 1 heterocycles. The quantitative estimate of drug-likeness (QED) is 0.479. The molecule has 0 aliphatic rings. The van der Waals surface area contributed by atoms with E-state index in [1.54, 1.807) is 0 Å². The van der Waals surface area contributed by atoms with Crippen molar-refractivity contribution in [2.24, 2.45) is 0 Å². The number of benzene rings is 2. The van der Waals surface area contributed by atoms with Crippen molar-refractivity contribution >= 4 is 15.9 Å². The van der Waals surface area contributed by atoms with Gasteiger partial charge >= 0.3 is 0 Å². The molecule has 1 atom stereocenters. The third kappa shape index (κ3) is 4.59. The Morgan fingerprint density at radius 2 is 1.80 bits per heavy atom. The van der Waals surface area contributed by atoms with Crippen molar-refractivity contribution < 1.29 is 9.15 Å². The van der Waals surface area contributed by atoms with Crippen LogP contribution in [0.25, 0.3) is 11.5 Å². The van der Waals surface area contributed by atoms with Crippen LogP contribution >= 0.6 is 15.9 Å². The molecule has 0 spiro atoms. The summed E-state index contributed by atoms with van der Waals surface area (Å²) in [4.78, 5) is 4.69. The van der Waals surface area contributed by atoms with Gasteiger partial charge in [0.15, 0.2) is 0 Å². The Balaban J connectivity index is 1.73. The fraction of sp³-hybridized carbons (Fsp3) is 0.286. The van der Waals surface area contributed by atoms with E-state index in [4.69, 9.17) is 14.1 Å². The molecule has 1 aromatic heterocycles. The molecule has 3 nitrogen and oxygen atoms in total. The summed E-state index contributed by atoms with van der Waals surface area (Å²) in [6.45, 7) is 4.69. The molecular formula is C21H22BrNO2. The van der Waals surface area contributed by atoms with Crippen LogP contribution in [0.5, 0.6) is 0 Å². The molecule has 0 aliphatic carbocycles. The summed E-state index contributed by atoms with van der Waals surface area (Å²) in [6, 6.07) is 18.3. The SMILES string of the molecule is CCO[C@@H](CCc1nc(-c2ccccc2)oc1C)c1ccc(Br)cc1. The first kappa shape index (κ1) is 17.9. The fourth-order valence-electron chi connectivity index (χ4n) is 2.86. The summed E-state index contributed by atoms with van der Waals surface area (Å²) in [5, 5.41) is 0. The summed E-state index contributed by atoms with van der Waals surface area (Å²) in [7, 11) is 0. The summed E-state index contributed by atoms with van der Waals surface area (Å²) in [5.41, 5.74) is 3.20. The summed E-state index contributed by atoms with van der Waals surface area (Å²) < 4.78 is 12.9. The predicted octanol–water partition coefficient (Wildman–Crippen LogP) is 6.12. The van der Waals surface area contributed by atoms with Crippen LogP contribution in [0, 0.1) is 6.92 Å². The van der Waals surface area contributed by atoms with Crippen molar-refractivity contribution in [3.63, 3.8) is 0 Å². The Hall–Kier alpha value is -1.91. The van der Waals surface area contributed by atoms with Gasteiger partial charge in [-0.3, -0.25) is 0 Å². The number of aryl methyl sites for hydroxylation is 2. The highest BCUT2D eigenvalue weighted by Crippen LogP contribution is 2.27. The van der Waals surface area contributed by atoms with Crippen LogP contribution in [0.2, 0.25) is 0 Å². The first-order chi connectivity index (χ1) is 12.2. The van der Waals surface area contributed by atoms with Crippen molar-refractivity contribution in [3.05, 3.63) is 76.1 Å². The van der Waals surface area contributed by atoms with Gasteiger partial charge in [-0.15, -0.1) is 0 Å². The van der Waals surface area contributed by atoms with Gasteiger partial charge in [-0.1, -0.05) is 46.3 Å². The van der Waals surface area contributed by atoms with Gasteiger partial charge in [-0.25, -0.2) is 4.98 Å². The van der Waals surface area contributed by atoms with Gasteiger partial charge in [0.05, 0.1) is 11.8 Å². The van der Waals surface area contributed by atoms with Crippen LogP contribution in [0.15, 0.2) is 63.5 Å². The second-order valence-electron chi connectivity index (χ2n) is 5.92. The minimum absolute atomic E-state index is 0.0642. The van der Waals surface area contributed by atoms with Gasteiger partial charge in [-0.05, 0) is 56.5 Å². The number of oxazole rings is 1. The van der Waals surface area contributed by atoms with E-state index in [0.29, 0.717) is 12.5 Å². The average molecular weight is 400 g/mol. The molecular weight excluding hydrogens is 378 g/mol. The first-order valence-corrected chi connectivity index (χ1v) is 9.35. The molecule has 0 amide bonds. The van der Waals surface area contributed by atoms with E-state index in [1.807, 2.05) is 44.2 Å². The van der Waals surface area contributed by atoms with E-state index >= 15 is 0 Å². The second kappa shape index (κ2) is 8.45. The molecule has 25 heavy (non-hydrogen) atoms. The Labute approximate surface area is 157 Å². The monoisotopic (exact) mass is 399 g/mol. The summed E-state index contributed by atoms with van der Waals surface area (Å²) in [6.07, 6.45) is 1.76. The number of ether oxygens (including phenoxy) is 1. The van der Waals surface area contributed by atoms with Crippen molar-refractivity contribution in [1.82, 2.24) is 4.98 Å². The van der Waals surface area contributed by atoms with E-state index in [9.17, 15) is 0 Å². The molecule has 4 heteroatoms. The second-order valence-corrected chi connectivity index (χ2v) is 6.84. The normalized spacial score (nSPS) is 12.3. The van der Waals surface area contributed by atoms with E-state index in [2.05, 4.69) is 40.2 Å². The highest BCUT2D eigenvalue weighted by atomic mass is 79.9. The van der Waals surface area contributed by atoms with Gasteiger partial charge in [0.2, 0.25) is 5.89 Å². The van der Waals surface area contributed by atoms with E-state index in [1.165, 1.54) is 5.56 Å². The summed E-state index contributed by atoms with van der Waals surface area (Å²) >= 11 is 3.48. The molecule has 0 unspecified atom stereocenters. The molecule has 3 aromatic rings. The zero-order chi connectivity index (χ0) is 17.6. The number of hydrogen-bond acceptors (Lipinski definition) is 3. The highest BCUT2D eigenvalue weighted by Gasteiger charge is 2.16. The lowest BCUT2D eigenvalue weighted by Crippen LogP contribution is -2.06. The number of halogens is 1. The largest absolute Gasteiger partial charge is 0.441 e. The lowest BCUT2D eigenvalue weighted by Gasteiger charge is -2.17. The van der Waals surface area contributed by atoms with Crippen molar-refractivity contribution in [3.8, 4) is 11.5 Å². The molecule has 0 N–H and O–H groups in total. The zero-order valence-corrected chi connectivity index (χ0v) is 16.1. The van der Waals surface area contributed by atoms with Gasteiger partial charge in [0, 0.05) is 16.6 Å². The minimum Gasteiger partial charge on any atom is -0.441 e. The van der Waals surface area contributed by atoms with Crippen LogP contribution in [-0.4, -0.2) is 11.6 Å². The smallest absolute Gasteiger partial charge is 0.226 e. The maximum absolute atomic E-state index is 5.95. The molecule has 0 aliphatic heterocycles.